The van der Waals surface area contributed by atoms with Gasteiger partial charge in [-0.05, 0) is 17.7 Å². The summed E-state index contributed by atoms with van der Waals surface area (Å²) in [6, 6.07) is 4.90. The van der Waals surface area contributed by atoms with E-state index in [1.54, 1.807) is 12.3 Å². The minimum atomic E-state index is -0.336. The first-order valence-corrected chi connectivity index (χ1v) is 4.47. The molecular formula is C11H9FN2O. The van der Waals surface area contributed by atoms with Crippen molar-refractivity contribution < 1.29 is 9.13 Å². The lowest BCUT2D eigenvalue weighted by Crippen LogP contribution is -1.87. The van der Waals surface area contributed by atoms with Crippen molar-refractivity contribution in [1.82, 2.24) is 4.98 Å². The van der Waals surface area contributed by atoms with Gasteiger partial charge in [0.1, 0.15) is 11.6 Å². The van der Waals surface area contributed by atoms with Crippen molar-refractivity contribution in [3.05, 3.63) is 29.7 Å². The summed E-state index contributed by atoms with van der Waals surface area (Å²) < 4.78 is 18.6. The van der Waals surface area contributed by atoms with Gasteiger partial charge < -0.3 is 9.72 Å². The second-order valence-electron chi connectivity index (χ2n) is 3.15. The lowest BCUT2D eigenvalue weighted by molar-refractivity contribution is 0.418. The summed E-state index contributed by atoms with van der Waals surface area (Å²) in [5.74, 6) is 0.243. The second kappa shape index (κ2) is 3.62. The number of ether oxygens (including phenoxy) is 1. The van der Waals surface area contributed by atoms with E-state index in [-0.39, 0.29) is 12.2 Å². The van der Waals surface area contributed by atoms with E-state index in [1.807, 2.05) is 6.07 Å². The summed E-state index contributed by atoms with van der Waals surface area (Å²) in [4.78, 5) is 2.92. The Kier molecular flexibility index (Phi) is 2.30. The number of nitrogens with zero attached hydrogens (tertiary/aromatic N) is 1. The van der Waals surface area contributed by atoms with E-state index in [1.165, 1.54) is 13.2 Å². The molecule has 0 unspecified atom stereocenters. The predicted octanol–water partition coefficient (Wildman–Crippen LogP) is 2.38. The SMILES string of the molecule is COc1ccc(F)c2c(CC#N)c[nH]c12. The fraction of sp³-hybridized carbons (Fsp3) is 0.182. The number of hydrogen-bond acceptors (Lipinski definition) is 2. The largest absolute Gasteiger partial charge is 0.495 e. The Balaban J connectivity index is 2.74. The van der Waals surface area contributed by atoms with Crippen LogP contribution in [-0.4, -0.2) is 12.1 Å². The van der Waals surface area contributed by atoms with E-state index >= 15 is 0 Å². The minimum absolute atomic E-state index is 0.185. The Morgan fingerprint density at radius 2 is 2.33 bits per heavy atom. The summed E-state index contributed by atoms with van der Waals surface area (Å²) in [7, 11) is 1.53. The molecule has 0 atom stereocenters. The maximum absolute atomic E-state index is 13.5. The van der Waals surface area contributed by atoms with Gasteiger partial charge in [0.05, 0.1) is 25.1 Å². The molecule has 0 aliphatic heterocycles. The highest BCUT2D eigenvalue weighted by molar-refractivity contribution is 5.89. The normalized spacial score (nSPS) is 10.2. The third kappa shape index (κ3) is 1.42. The van der Waals surface area contributed by atoms with Gasteiger partial charge in [-0.3, -0.25) is 0 Å². The van der Waals surface area contributed by atoms with Crippen molar-refractivity contribution in [3.8, 4) is 11.8 Å². The Hall–Kier alpha value is -2.02. The predicted molar refractivity (Wildman–Crippen MR) is 54.1 cm³/mol. The molecule has 0 saturated carbocycles. The summed E-state index contributed by atoms with van der Waals surface area (Å²) in [6.07, 6.45) is 1.82. The van der Waals surface area contributed by atoms with Crippen LogP contribution in [-0.2, 0) is 6.42 Å². The molecule has 0 fully saturated rings. The number of halogens is 1. The molecule has 0 radical (unpaired) electrons. The number of aromatic nitrogens is 1. The molecule has 0 aliphatic carbocycles. The lowest BCUT2D eigenvalue weighted by atomic mass is 10.1. The van der Waals surface area contributed by atoms with Crippen molar-refractivity contribution in [2.45, 2.75) is 6.42 Å². The highest BCUT2D eigenvalue weighted by atomic mass is 19.1. The Bertz CT molecular complexity index is 539. The number of methoxy groups -OCH3 is 1. The van der Waals surface area contributed by atoms with Crippen molar-refractivity contribution in [2.24, 2.45) is 0 Å². The fourth-order valence-electron chi connectivity index (χ4n) is 1.64. The van der Waals surface area contributed by atoms with Gasteiger partial charge in [0.25, 0.3) is 0 Å². The van der Waals surface area contributed by atoms with Gasteiger partial charge in [-0.2, -0.15) is 5.26 Å². The zero-order valence-electron chi connectivity index (χ0n) is 8.17. The number of hydrogen-bond donors (Lipinski definition) is 1. The van der Waals surface area contributed by atoms with Crippen LogP contribution in [0.2, 0.25) is 0 Å². The number of fused-ring (bicyclic) bond motifs is 1. The number of rotatable bonds is 2. The van der Waals surface area contributed by atoms with E-state index in [0.717, 1.165) is 0 Å². The average Bonchev–Trinajstić information content (AvgIpc) is 2.64. The van der Waals surface area contributed by atoms with Crippen LogP contribution in [0.5, 0.6) is 5.75 Å². The van der Waals surface area contributed by atoms with Crippen LogP contribution >= 0.6 is 0 Å². The van der Waals surface area contributed by atoms with Gasteiger partial charge in [0.2, 0.25) is 0 Å². The molecule has 3 nitrogen and oxygen atoms in total. The topological polar surface area (TPSA) is 48.8 Å². The van der Waals surface area contributed by atoms with Crippen LogP contribution in [0.4, 0.5) is 4.39 Å². The molecule has 1 aromatic heterocycles. The highest BCUT2D eigenvalue weighted by Crippen LogP contribution is 2.29. The summed E-state index contributed by atoms with van der Waals surface area (Å²) in [6.45, 7) is 0. The zero-order valence-corrected chi connectivity index (χ0v) is 8.17. The number of benzene rings is 1. The van der Waals surface area contributed by atoms with E-state index < -0.39 is 0 Å². The number of nitrogens with one attached hydrogen (secondary N) is 1. The quantitative estimate of drug-likeness (QED) is 0.816. The van der Waals surface area contributed by atoms with Gasteiger partial charge >= 0.3 is 0 Å². The van der Waals surface area contributed by atoms with Crippen molar-refractivity contribution in [3.63, 3.8) is 0 Å². The molecule has 0 spiro atoms. The molecule has 1 heterocycles. The smallest absolute Gasteiger partial charge is 0.143 e. The Labute approximate surface area is 86.1 Å². The number of aromatic amines is 1. The van der Waals surface area contributed by atoms with E-state index in [4.69, 9.17) is 10.00 Å². The number of nitriles is 1. The monoisotopic (exact) mass is 204 g/mol. The molecule has 4 heteroatoms. The second-order valence-corrected chi connectivity index (χ2v) is 3.15. The van der Waals surface area contributed by atoms with Crippen molar-refractivity contribution >= 4 is 10.9 Å². The van der Waals surface area contributed by atoms with Crippen LogP contribution in [0.3, 0.4) is 0 Å². The third-order valence-electron chi connectivity index (χ3n) is 2.32. The molecule has 0 aliphatic rings. The first-order valence-electron chi connectivity index (χ1n) is 4.47. The molecule has 2 rings (SSSR count). The summed E-state index contributed by atoms with van der Waals surface area (Å²) >= 11 is 0. The molecule has 0 amide bonds. The van der Waals surface area contributed by atoms with Crippen LogP contribution in [0, 0.1) is 17.1 Å². The molecule has 1 aromatic carbocycles. The van der Waals surface area contributed by atoms with Gasteiger partial charge in [-0.25, -0.2) is 4.39 Å². The van der Waals surface area contributed by atoms with Crippen LogP contribution in [0.15, 0.2) is 18.3 Å². The van der Waals surface area contributed by atoms with Gasteiger partial charge in [0.15, 0.2) is 0 Å². The summed E-state index contributed by atoms with van der Waals surface area (Å²) in [5, 5.41) is 9.04. The Morgan fingerprint density at radius 1 is 1.53 bits per heavy atom. The van der Waals surface area contributed by atoms with E-state index in [0.29, 0.717) is 22.2 Å². The minimum Gasteiger partial charge on any atom is -0.495 e. The highest BCUT2D eigenvalue weighted by Gasteiger charge is 2.12. The van der Waals surface area contributed by atoms with Gasteiger partial charge in [0, 0.05) is 11.6 Å². The van der Waals surface area contributed by atoms with Crippen LogP contribution in [0.1, 0.15) is 5.56 Å². The molecule has 15 heavy (non-hydrogen) atoms. The maximum Gasteiger partial charge on any atom is 0.143 e. The maximum atomic E-state index is 13.5. The first kappa shape index (κ1) is 9.53. The zero-order chi connectivity index (χ0) is 10.8. The average molecular weight is 204 g/mol. The number of H-pyrrole nitrogens is 1. The van der Waals surface area contributed by atoms with Crippen molar-refractivity contribution in [2.75, 3.05) is 7.11 Å². The van der Waals surface area contributed by atoms with Crippen LogP contribution in [0.25, 0.3) is 10.9 Å². The standard InChI is InChI=1S/C11H9FN2O/c1-15-9-3-2-8(12)10-7(4-5-13)6-14-11(9)10/h2-3,6,14H,4H2,1H3. The lowest BCUT2D eigenvalue weighted by Gasteiger charge is -2.02. The van der Waals surface area contributed by atoms with Crippen LogP contribution < -0.4 is 4.74 Å². The van der Waals surface area contributed by atoms with E-state index in [2.05, 4.69) is 4.98 Å². The third-order valence-corrected chi connectivity index (χ3v) is 2.32. The van der Waals surface area contributed by atoms with Gasteiger partial charge in [-0.15, -0.1) is 0 Å². The van der Waals surface area contributed by atoms with E-state index in [9.17, 15) is 4.39 Å². The Morgan fingerprint density at radius 3 is 3.00 bits per heavy atom. The molecule has 1 N–H and O–H groups in total. The van der Waals surface area contributed by atoms with Crippen molar-refractivity contribution in [1.29, 1.82) is 5.26 Å². The summed E-state index contributed by atoms with van der Waals surface area (Å²) in [5.41, 5.74) is 1.26. The molecule has 0 bridgehead atoms. The molecule has 0 saturated heterocycles. The molecular weight excluding hydrogens is 195 g/mol. The molecule has 76 valence electrons. The molecule has 2 aromatic rings. The first-order chi connectivity index (χ1) is 7.27. The fourth-order valence-corrected chi connectivity index (χ4v) is 1.64. The van der Waals surface area contributed by atoms with Gasteiger partial charge in [-0.1, -0.05) is 0 Å².